The highest BCUT2D eigenvalue weighted by Gasteiger charge is 2.26. The minimum Gasteiger partial charge on any atom is -0.342 e. The van der Waals surface area contributed by atoms with E-state index in [0.717, 1.165) is 30.8 Å². The standard InChI is InChI=1S/C15H18N2OS2/c1-11-9-16-15(20-11)12-4-2-6-17(10-12)14(18)8-13-5-3-7-19-13/h3,5,7,9,12H,2,4,6,8,10H2,1H3/t12-/m1/s1. The maximum atomic E-state index is 12.4. The predicted molar refractivity (Wildman–Crippen MR) is 83.4 cm³/mol. The van der Waals surface area contributed by atoms with Crippen molar-refractivity contribution in [2.45, 2.75) is 32.1 Å². The number of aryl methyl sites for hydroxylation is 1. The summed E-state index contributed by atoms with van der Waals surface area (Å²) in [5.41, 5.74) is 0. The largest absolute Gasteiger partial charge is 0.342 e. The van der Waals surface area contributed by atoms with E-state index >= 15 is 0 Å². The molecule has 1 amide bonds. The van der Waals surface area contributed by atoms with E-state index in [2.05, 4.69) is 11.9 Å². The van der Waals surface area contributed by atoms with Crippen molar-refractivity contribution in [2.75, 3.05) is 13.1 Å². The van der Waals surface area contributed by atoms with E-state index in [1.807, 2.05) is 28.6 Å². The molecule has 3 nitrogen and oxygen atoms in total. The molecule has 0 aliphatic carbocycles. The van der Waals surface area contributed by atoms with Gasteiger partial charge in [0.25, 0.3) is 0 Å². The lowest BCUT2D eigenvalue weighted by molar-refractivity contribution is -0.131. The highest BCUT2D eigenvalue weighted by Crippen LogP contribution is 2.30. The second-order valence-corrected chi connectivity index (χ2v) is 7.54. The molecule has 0 radical (unpaired) electrons. The summed E-state index contributed by atoms with van der Waals surface area (Å²) in [5, 5.41) is 3.22. The Hall–Kier alpha value is -1.20. The highest BCUT2D eigenvalue weighted by atomic mass is 32.1. The molecule has 1 aliphatic rings. The molecule has 0 spiro atoms. The topological polar surface area (TPSA) is 33.2 Å². The molecule has 2 aromatic heterocycles. The summed E-state index contributed by atoms with van der Waals surface area (Å²) >= 11 is 3.42. The molecule has 2 aromatic rings. The van der Waals surface area contributed by atoms with Crippen LogP contribution >= 0.6 is 22.7 Å². The van der Waals surface area contributed by atoms with Gasteiger partial charge in [-0.2, -0.15) is 0 Å². The molecule has 3 rings (SSSR count). The van der Waals surface area contributed by atoms with Gasteiger partial charge >= 0.3 is 0 Å². The maximum Gasteiger partial charge on any atom is 0.227 e. The average Bonchev–Trinajstić information content (AvgIpc) is 3.10. The van der Waals surface area contributed by atoms with Gasteiger partial charge in [0.15, 0.2) is 0 Å². The van der Waals surface area contributed by atoms with E-state index in [1.165, 1.54) is 9.88 Å². The molecule has 3 heterocycles. The van der Waals surface area contributed by atoms with E-state index in [0.29, 0.717) is 12.3 Å². The summed E-state index contributed by atoms with van der Waals surface area (Å²) < 4.78 is 0. The van der Waals surface area contributed by atoms with Crippen LogP contribution in [0.1, 0.15) is 33.5 Å². The van der Waals surface area contributed by atoms with Crippen molar-refractivity contribution in [1.82, 2.24) is 9.88 Å². The third kappa shape index (κ3) is 3.10. The molecule has 0 saturated carbocycles. The van der Waals surface area contributed by atoms with Crippen LogP contribution in [0.5, 0.6) is 0 Å². The van der Waals surface area contributed by atoms with Gasteiger partial charge in [0, 0.05) is 35.0 Å². The Kier molecular flexibility index (Phi) is 4.17. The summed E-state index contributed by atoms with van der Waals surface area (Å²) in [5.74, 6) is 0.681. The third-order valence-corrected chi connectivity index (χ3v) is 5.62. The predicted octanol–water partition coefficient (Wildman–Crippen LogP) is 3.46. The van der Waals surface area contributed by atoms with Crippen molar-refractivity contribution in [3.05, 3.63) is 38.5 Å². The van der Waals surface area contributed by atoms with Crippen LogP contribution in [0.3, 0.4) is 0 Å². The Morgan fingerprint density at radius 2 is 2.45 bits per heavy atom. The van der Waals surface area contributed by atoms with Crippen LogP contribution in [0.15, 0.2) is 23.7 Å². The second-order valence-electron chi connectivity index (χ2n) is 5.24. The fourth-order valence-corrected chi connectivity index (χ4v) is 4.24. The molecule has 20 heavy (non-hydrogen) atoms. The Bertz CT molecular complexity index is 576. The Balaban J connectivity index is 1.64. The zero-order valence-electron chi connectivity index (χ0n) is 11.5. The number of piperidine rings is 1. The molecule has 1 atom stereocenters. The molecular formula is C15H18N2OS2. The number of hydrogen-bond acceptors (Lipinski definition) is 4. The normalized spacial score (nSPS) is 19.2. The molecular weight excluding hydrogens is 288 g/mol. The summed E-state index contributed by atoms with van der Waals surface area (Å²) in [7, 11) is 0. The van der Waals surface area contributed by atoms with E-state index in [4.69, 9.17) is 0 Å². The summed E-state index contributed by atoms with van der Waals surface area (Å²) in [6.45, 7) is 3.81. The number of carbonyl (C=O) groups is 1. The SMILES string of the molecule is Cc1cnc([C@@H]2CCCN(C(=O)Cc3cccs3)C2)s1. The monoisotopic (exact) mass is 306 g/mol. The molecule has 0 bridgehead atoms. The van der Waals surface area contributed by atoms with Crippen molar-refractivity contribution in [2.24, 2.45) is 0 Å². The van der Waals surface area contributed by atoms with Gasteiger partial charge in [-0.05, 0) is 31.2 Å². The average molecular weight is 306 g/mol. The number of thiazole rings is 1. The lowest BCUT2D eigenvalue weighted by atomic mass is 9.98. The summed E-state index contributed by atoms with van der Waals surface area (Å²) in [6.07, 6.45) is 4.71. The van der Waals surface area contributed by atoms with Crippen LogP contribution in [0, 0.1) is 6.92 Å². The van der Waals surface area contributed by atoms with Gasteiger partial charge in [0.2, 0.25) is 5.91 Å². The molecule has 106 valence electrons. The van der Waals surface area contributed by atoms with Crippen LogP contribution in [0.4, 0.5) is 0 Å². The first-order chi connectivity index (χ1) is 9.72. The molecule has 0 N–H and O–H groups in total. The first-order valence-electron chi connectivity index (χ1n) is 6.95. The van der Waals surface area contributed by atoms with Gasteiger partial charge in [0.1, 0.15) is 0 Å². The minimum atomic E-state index is 0.255. The lowest BCUT2D eigenvalue weighted by Gasteiger charge is -2.31. The van der Waals surface area contributed by atoms with Crippen LogP contribution < -0.4 is 0 Å². The highest BCUT2D eigenvalue weighted by molar-refractivity contribution is 7.11. The lowest BCUT2D eigenvalue weighted by Crippen LogP contribution is -2.39. The smallest absolute Gasteiger partial charge is 0.227 e. The molecule has 1 fully saturated rings. The number of carbonyl (C=O) groups excluding carboxylic acids is 1. The Morgan fingerprint density at radius 1 is 1.55 bits per heavy atom. The number of aromatic nitrogens is 1. The first-order valence-corrected chi connectivity index (χ1v) is 8.64. The summed E-state index contributed by atoms with van der Waals surface area (Å²) in [4.78, 5) is 21.3. The molecule has 0 aromatic carbocycles. The van der Waals surface area contributed by atoms with Crippen molar-refractivity contribution in [1.29, 1.82) is 0 Å². The fraction of sp³-hybridized carbons (Fsp3) is 0.467. The van der Waals surface area contributed by atoms with E-state index in [-0.39, 0.29) is 5.91 Å². The quantitative estimate of drug-likeness (QED) is 0.870. The van der Waals surface area contributed by atoms with E-state index in [9.17, 15) is 4.79 Å². The zero-order chi connectivity index (χ0) is 13.9. The number of nitrogens with zero attached hydrogens (tertiary/aromatic N) is 2. The van der Waals surface area contributed by atoms with Crippen molar-refractivity contribution < 1.29 is 4.79 Å². The molecule has 1 aliphatic heterocycles. The van der Waals surface area contributed by atoms with Crippen molar-refractivity contribution >= 4 is 28.6 Å². The van der Waals surface area contributed by atoms with Crippen LogP contribution in [-0.4, -0.2) is 28.9 Å². The molecule has 1 saturated heterocycles. The molecule has 5 heteroatoms. The first kappa shape index (κ1) is 13.8. The number of amides is 1. The van der Waals surface area contributed by atoms with Crippen LogP contribution in [0.25, 0.3) is 0 Å². The van der Waals surface area contributed by atoms with Gasteiger partial charge in [-0.3, -0.25) is 4.79 Å². The van der Waals surface area contributed by atoms with Gasteiger partial charge in [0.05, 0.1) is 11.4 Å². The van der Waals surface area contributed by atoms with E-state index < -0.39 is 0 Å². The van der Waals surface area contributed by atoms with Crippen molar-refractivity contribution in [3.63, 3.8) is 0 Å². The van der Waals surface area contributed by atoms with Gasteiger partial charge in [-0.1, -0.05) is 6.07 Å². The van der Waals surface area contributed by atoms with Crippen molar-refractivity contribution in [3.8, 4) is 0 Å². The zero-order valence-corrected chi connectivity index (χ0v) is 13.2. The third-order valence-electron chi connectivity index (χ3n) is 3.67. The maximum absolute atomic E-state index is 12.4. The number of likely N-dealkylation sites (tertiary alicyclic amines) is 1. The number of rotatable bonds is 3. The Labute approximate surface area is 127 Å². The van der Waals surface area contributed by atoms with Gasteiger partial charge in [-0.15, -0.1) is 22.7 Å². The number of thiophene rings is 1. The minimum absolute atomic E-state index is 0.255. The second kappa shape index (κ2) is 6.06. The summed E-state index contributed by atoms with van der Waals surface area (Å²) in [6, 6.07) is 4.04. The van der Waals surface area contributed by atoms with Crippen LogP contribution in [-0.2, 0) is 11.2 Å². The van der Waals surface area contributed by atoms with Gasteiger partial charge in [-0.25, -0.2) is 4.98 Å². The molecule has 0 unspecified atom stereocenters. The van der Waals surface area contributed by atoms with Gasteiger partial charge < -0.3 is 4.90 Å². The number of hydrogen-bond donors (Lipinski definition) is 0. The Morgan fingerprint density at radius 3 is 3.15 bits per heavy atom. The van der Waals surface area contributed by atoms with Crippen LogP contribution in [0.2, 0.25) is 0 Å². The van der Waals surface area contributed by atoms with E-state index in [1.54, 1.807) is 22.7 Å². The fourth-order valence-electron chi connectivity index (χ4n) is 2.64.